The first kappa shape index (κ1) is 11.3. The van der Waals surface area contributed by atoms with Crippen molar-refractivity contribution < 1.29 is 9.13 Å². The van der Waals surface area contributed by atoms with E-state index in [4.69, 9.17) is 4.74 Å². The lowest BCUT2D eigenvalue weighted by Gasteiger charge is -2.10. The first-order valence-electron chi connectivity index (χ1n) is 6.14. The van der Waals surface area contributed by atoms with E-state index in [1.807, 2.05) is 6.33 Å². The molecule has 0 N–H and O–H groups in total. The molecule has 4 heteroatoms. The number of ether oxygens (including phenoxy) is 1. The van der Waals surface area contributed by atoms with Gasteiger partial charge in [-0.2, -0.15) is 0 Å². The van der Waals surface area contributed by atoms with Crippen LogP contribution in [0.1, 0.15) is 30.1 Å². The smallest absolute Gasteiger partial charge is 0.167 e. The molecule has 18 heavy (non-hydrogen) atoms. The summed E-state index contributed by atoms with van der Waals surface area (Å²) < 4.78 is 21.4. The number of halogens is 1. The number of rotatable bonds is 4. The fourth-order valence-corrected chi connectivity index (χ4v) is 2.01. The Balaban J connectivity index is 1.74. The molecular formula is C14H15FN2O. The normalized spacial score (nSPS) is 14.8. The third kappa shape index (κ3) is 2.10. The molecule has 2 aromatic rings. The van der Waals surface area contributed by atoms with Crippen LogP contribution in [0.25, 0.3) is 0 Å². The zero-order valence-corrected chi connectivity index (χ0v) is 10.3. The lowest BCUT2D eigenvalue weighted by Crippen LogP contribution is -2.04. The predicted octanol–water partition coefficient (Wildman–Crippen LogP) is 3.24. The molecule has 1 aromatic heterocycles. The molecule has 0 atom stereocenters. The summed E-state index contributed by atoms with van der Waals surface area (Å²) in [5, 5.41) is 0. The zero-order chi connectivity index (χ0) is 12.5. The van der Waals surface area contributed by atoms with Crippen LogP contribution in [0.4, 0.5) is 4.39 Å². The molecule has 1 saturated carbocycles. The van der Waals surface area contributed by atoms with Gasteiger partial charge < -0.3 is 9.30 Å². The van der Waals surface area contributed by atoms with Crippen molar-refractivity contribution in [3.8, 4) is 5.75 Å². The topological polar surface area (TPSA) is 27.1 Å². The molecule has 1 aromatic carbocycles. The van der Waals surface area contributed by atoms with Crippen molar-refractivity contribution in [2.45, 2.75) is 32.4 Å². The van der Waals surface area contributed by atoms with Crippen LogP contribution in [0.15, 0.2) is 30.7 Å². The van der Waals surface area contributed by atoms with Crippen LogP contribution in [-0.4, -0.2) is 9.55 Å². The maximum absolute atomic E-state index is 13.8. The van der Waals surface area contributed by atoms with E-state index in [9.17, 15) is 4.39 Å². The van der Waals surface area contributed by atoms with E-state index < -0.39 is 0 Å². The van der Waals surface area contributed by atoms with Crippen LogP contribution in [0.3, 0.4) is 0 Å². The Hall–Kier alpha value is -1.84. The van der Waals surface area contributed by atoms with Gasteiger partial charge in [0, 0.05) is 6.04 Å². The van der Waals surface area contributed by atoms with E-state index in [0.29, 0.717) is 24.0 Å². The average molecular weight is 246 g/mol. The number of hydrogen-bond donors (Lipinski definition) is 0. The fourth-order valence-electron chi connectivity index (χ4n) is 2.01. The minimum absolute atomic E-state index is 0.282. The van der Waals surface area contributed by atoms with Gasteiger partial charge in [-0.05, 0) is 31.4 Å². The Morgan fingerprint density at radius 1 is 1.44 bits per heavy atom. The first-order valence-corrected chi connectivity index (χ1v) is 6.14. The quantitative estimate of drug-likeness (QED) is 0.828. The van der Waals surface area contributed by atoms with Gasteiger partial charge in [-0.15, -0.1) is 0 Å². The SMILES string of the molecule is Cc1cccc(OCc2cncn2C2CC2)c1F. The van der Waals surface area contributed by atoms with Crippen LogP contribution >= 0.6 is 0 Å². The summed E-state index contributed by atoms with van der Waals surface area (Å²) in [6, 6.07) is 5.75. The van der Waals surface area contributed by atoms with E-state index in [2.05, 4.69) is 9.55 Å². The lowest BCUT2D eigenvalue weighted by atomic mass is 10.2. The second-order valence-corrected chi connectivity index (χ2v) is 4.70. The van der Waals surface area contributed by atoms with Crippen molar-refractivity contribution in [1.82, 2.24) is 9.55 Å². The second kappa shape index (κ2) is 4.44. The van der Waals surface area contributed by atoms with Crippen LogP contribution in [0, 0.1) is 12.7 Å². The monoisotopic (exact) mass is 246 g/mol. The maximum atomic E-state index is 13.8. The molecule has 3 nitrogen and oxygen atoms in total. The minimum atomic E-state index is -0.282. The second-order valence-electron chi connectivity index (χ2n) is 4.70. The Morgan fingerprint density at radius 2 is 2.28 bits per heavy atom. The average Bonchev–Trinajstić information content (AvgIpc) is 3.11. The lowest BCUT2D eigenvalue weighted by molar-refractivity contribution is 0.279. The van der Waals surface area contributed by atoms with Gasteiger partial charge >= 0.3 is 0 Å². The molecule has 0 aliphatic heterocycles. The first-order chi connectivity index (χ1) is 8.75. The largest absolute Gasteiger partial charge is 0.484 e. The molecule has 0 unspecified atom stereocenters. The van der Waals surface area contributed by atoms with Gasteiger partial charge in [0.2, 0.25) is 0 Å². The third-order valence-electron chi connectivity index (χ3n) is 3.22. The molecule has 3 rings (SSSR count). The van der Waals surface area contributed by atoms with Gasteiger partial charge in [-0.1, -0.05) is 12.1 Å². The van der Waals surface area contributed by atoms with Gasteiger partial charge in [0.05, 0.1) is 18.2 Å². The highest BCUT2D eigenvalue weighted by Gasteiger charge is 2.25. The van der Waals surface area contributed by atoms with Crippen molar-refractivity contribution in [2.24, 2.45) is 0 Å². The summed E-state index contributed by atoms with van der Waals surface area (Å²) in [6.07, 6.45) is 6.00. The van der Waals surface area contributed by atoms with Crippen LogP contribution in [-0.2, 0) is 6.61 Å². The highest BCUT2D eigenvalue weighted by Crippen LogP contribution is 2.35. The van der Waals surface area contributed by atoms with Crippen molar-refractivity contribution >= 4 is 0 Å². The van der Waals surface area contributed by atoms with Crippen molar-refractivity contribution in [2.75, 3.05) is 0 Å². The van der Waals surface area contributed by atoms with E-state index in [-0.39, 0.29) is 5.82 Å². The highest BCUT2D eigenvalue weighted by molar-refractivity contribution is 5.30. The maximum Gasteiger partial charge on any atom is 0.167 e. The van der Waals surface area contributed by atoms with E-state index in [1.165, 1.54) is 12.8 Å². The third-order valence-corrected chi connectivity index (χ3v) is 3.22. The summed E-state index contributed by atoms with van der Waals surface area (Å²) in [5.41, 5.74) is 1.60. The molecule has 0 saturated heterocycles. The molecular weight excluding hydrogens is 231 g/mol. The Kier molecular flexibility index (Phi) is 2.78. The highest BCUT2D eigenvalue weighted by atomic mass is 19.1. The number of benzene rings is 1. The van der Waals surface area contributed by atoms with Gasteiger partial charge in [-0.3, -0.25) is 0 Å². The molecule has 1 aliphatic rings. The Bertz CT molecular complexity index is 561. The fraction of sp³-hybridized carbons (Fsp3) is 0.357. The Morgan fingerprint density at radius 3 is 3.06 bits per heavy atom. The summed E-state index contributed by atoms with van der Waals surface area (Å²) in [6.45, 7) is 2.09. The molecule has 0 bridgehead atoms. The van der Waals surface area contributed by atoms with E-state index in [1.54, 1.807) is 31.3 Å². The predicted molar refractivity (Wildman–Crippen MR) is 66.0 cm³/mol. The molecule has 1 fully saturated rings. The molecule has 1 heterocycles. The van der Waals surface area contributed by atoms with E-state index >= 15 is 0 Å². The van der Waals surface area contributed by atoms with Crippen molar-refractivity contribution in [3.63, 3.8) is 0 Å². The number of nitrogens with zero attached hydrogens (tertiary/aromatic N) is 2. The molecule has 0 spiro atoms. The molecule has 94 valence electrons. The minimum Gasteiger partial charge on any atom is -0.484 e. The van der Waals surface area contributed by atoms with E-state index in [0.717, 1.165) is 5.69 Å². The molecule has 1 aliphatic carbocycles. The molecule has 0 amide bonds. The van der Waals surface area contributed by atoms with Crippen molar-refractivity contribution in [1.29, 1.82) is 0 Å². The number of imidazole rings is 1. The van der Waals surface area contributed by atoms with Gasteiger partial charge in [0.25, 0.3) is 0 Å². The van der Waals surface area contributed by atoms with Crippen LogP contribution in [0.5, 0.6) is 5.75 Å². The summed E-state index contributed by atoms with van der Waals surface area (Å²) in [5.74, 6) is 0.0218. The van der Waals surface area contributed by atoms with Crippen LogP contribution in [0.2, 0.25) is 0 Å². The number of aromatic nitrogens is 2. The standard InChI is InChI=1S/C14H15FN2O/c1-10-3-2-4-13(14(10)15)18-8-12-7-16-9-17(12)11-5-6-11/h2-4,7,9,11H,5-6,8H2,1H3. The van der Waals surface area contributed by atoms with Crippen LogP contribution < -0.4 is 4.74 Å². The summed E-state index contributed by atoms with van der Waals surface area (Å²) in [7, 11) is 0. The molecule has 0 radical (unpaired) electrons. The summed E-state index contributed by atoms with van der Waals surface area (Å²) >= 11 is 0. The zero-order valence-electron chi connectivity index (χ0n) is 10.3. The van der Waals surface area contributed by atoms with Gasteiger partial charge in [0.1, 0.15) is 6.61 Å². The van der Waals surface area contributed by atoms with Crippen molar-refractivity contribution in [3.05, 3.63) is 47.8 Å². The van der Waals surface area contributed by atoms with Gasteiger partial charge in [-0.25, -0.2) is 9.37 Å². The number of hydrogen-bond acceptors (Lipinski definition) is 2. The van der Waals surface area contributed by atoms with Gasteiger partial charge in [0.15, 0.2) is 11.6 Å². The Labute approximate surface area is 105 Å². The summed E-state index contributed by atoms with van der Waals surface area (Å²) in [4.78, 5) is 4.12. The number of aryl methyl sites for hydroxylation is 1.